The largest absolute Gasteiger partial charge is 0.478 e. The second-order valence-corrected chi connectivity index (χ2v) is 4.81. The summed E-state index contributed by atoms with van der Waals surface area (Å²) in [4.78, 5) is 11.7. The Morgan fingerprint density at radius 1 is 1.20 bits per heavy atom. The molecule has 0 bridgehead atoms. The summed E-state index contributed by atoms with van der Waals surface area (Å²) in [5.74, 6) is -0.880. The average molecular weight is 283 g/mol. The van der Waals surface area contributed by atoms with Crippen molar-refractivity contribution in [1.82, 2.24) is 0 Å². The predicted octanol–water partition coefficient (Wildman–Crippen LogP) is 3.88. The van der Waals surface area contributed by atoms with Crippen LogP contribution in [0.1, 0.15) is 10.4 Å². The van der Waals surface area contributed by atoms with Gasteiger partial charge in [-0.15, -0.1) is 11.3 Å². The van der Waals surface area contributed by atoms with Gasteiger partial charge in [0.25, 0.3) is 0 Å². The molecule has 1 aromatic heterocycles. The molecule has 0 atom stereocenters. The van der Waals surface area contributed by atoms with Crippen LogP contribution in [0.15, 0.2) is 40.2 Å². The third-order valence-corrected chi connectivity index (χ3v) is 3.49. The van der Waals surface area contributed by atoms with Crippen molar-refractivity contribution in [3.05, 3.63) is 45.7 Å². The molecule has 0 amide bonds. The standard InChI is InChI=1S/C11H7BrO2S/c12-8-3-1-7(2-4-8)10-9(11(13)14)5-6-15-10/h1-6H,(H,13,14). The molecule has 0 aliphatic heterocycles. The van der Waals surface area contributed by atoms with Gasteiger partial charge in [-0.3, -0.25) is 0 Å². The number of benzene rings is 1. The Labute approximate surface area is 99.3 Å². The zero-order valence-corrected chi connectivity index (χ0v) is 10.0. The van der Waals surface area contributed by atoms with Crippen LogP contribution in [0.3, 0.4) is 0 Å². The maximum Gasteiger partial charge on any atom is 0.337 e. The lowest BCUT2D eigenvalue weighted by Crippen LogP contribution is -1.95. The predicted molar refractivity (Wildman–Crippen MR) is 64.4 cm³/mol. The van der Waals surface area contributed by atoms with Crippen molar-refractivity contribution in [3.63, 3.8) is 0 Å². The summed E-state index contributed by atoms with van der Waals surface area (Å²) in [5, 5.41) is 10.8. The molecule has 1 N–H and O–H groups in total. The molecule has 4 heteroatoms. The van der Waals surface area contributed by atoms with Gasteiger partial charge >= 0.3 is 5.97 Å². The molecule has 0 saturated carbocycles. The molecular formula is C11H7BrO2S. The normalized spacial score (nSPS) is 10.2. The number of carbonyl (C=O) groups is 1. The van der Waals surface area contributed by atoms with Crippen LogP contribution in [0.25, 0.3) is 10.4 Å². The Kier molecular flexibility index (Phi) is 2.88. The molecule has 0 aliphatic rings. The van der Waals surface area contributed by atoms with Crippen LogP contribution in [0.2, 0.25) is 0 Å². The lowest BCUT2D eigenvalue weighted by Gasteiger charge is -2.00. The van der Waals surface area contributed by atoms with E-state index in [1.165, 1.54) is 11.3 Å². The zero-order chi connectivity index (χ0) is 10.8. The topological polar surface area (TPSA) is 37.3 Å². The summed E-state index contributed by atoms with van der Waals surface area (Å²) < 4.78 is 0.986. The number of thiophene rings is 1. The lowest BCUT2D eigenvalue weighted by atomic mass is 10.1. The van der Waals surface area contributed by atoms with Gasteiger partial charge in [0.1, 0.15) is 0 Å². The average Bonchev–Trinajstić information content (AvgIpc) is 2.67. The minimum absolute atomic E-state index is 0.363. The maximum absolute atomic E-state index is 10.9. The van der Waals surface area contributed by atoms with Gasteiger partial charge in [-0.25, -0.2) is 4.79 Å². The van der Waals surface area contributed by atoms with E-state index < -0.39 is 5.97 Å². The van der Waals surface area contributed by atoms with Crippen molar-refractivity contribution < 1.29 is 9.90 Å². The molecule has 2 aromatic rings. The molecule has 15 heavy (non-hydrogen) atoms. The van der Waals surface area contributed by atoms with Gasteiger partial charge < -0.3 is 5.11 Å². The smallest absolute Gasteiger partial charge is 0.337 e. The van der Waals surface area contributed by atoms with Crippen molar-refractivity contribution in [2.75, 3.05) is 0 Å². The van der Waals surface area contributed by atoms with E-state index in [1.54, 1.807) is 11.4 Å². The van der Waals surface area contributed by atoms with E-state index in [9.17, 15) is 4.79 Å². The molecule has 2 rings (SSSR count). The Morgan fingerprint density at radius 2 is 1.87 bits per heavy atom. The molecule has 0 spiro atoms. The maximum atomic E-state index is 10.9. The fourth-order valence-electron chi connectivity index (χ4n) is 1.30. The summed E-state index contributed by atoms with van der Waals surface area (Å²) in [6, 6.07) is 9.25. The molecule has 2 nitrogen and oxygen atoms in total. The summed E-state index contributed by atoms with van der Waals surface area (Å²) in [6.45, 7) is 0. The summed E-state index contributed by atoms with van der Waals surface area (Å²) in [7, 11) is 0. The highest BCUT2D eigenvalue weighted by atomic mass is 79.9. The first-order valence-corrected chi connectivity index (χ1v) is 5.92. The van der Waals surface area contributed by atoms with E-state index in [0.717, 1.165) is 14.9 Å². The van der Waals surface area contributed by atoms with Gasteiger partial charge in [-0.1, -0.05) is 28.1 Å². The summed E-state index contributed by atoms with van der Waals surface area (Å²) in [6.07, 6.45) is 0. The molecule has 0 aliphatic carbocycles. The van der Waals surface area contributed by atoms with E-state index >= 15 is 0 Å². The molecular weight excluding hydrogens is 276 g/mol. The first-order valence-electron chi connectivity index (χ1n) is 4.25. The Morgan fingerprint density at radius 3 is 2.47 bits per heavy atom. The van der Waals surface area contributed by atoms with E-state index in [-0.39, 0.29) is 0 Å². The van der Waals surface area contributed by atoms with Gasteiger partial charge in [-0.2, -0.15) is 0 Å². The molecule has 0 radical (unpaired) electrons. The monoisotopic (exact) mass is 282 g/mol. The van der Waals surface area contributed by atoms with Crippen molar-refractivity contribution >= 4 is 33.2 Å². The fourth-order valence-corrected chi connectivity index (χ4v) is 2.46. The van der Waals surface area contributed by atoms with Crippen LogP contribution in [0, 0.1) is 0 Å². The molecule has 1 heterocycles. The minimum Gasteiger partial charge on any atom is -0.478 e. The van der Waals surface area contributed by atoms with Crippen molar-refractivity contribution in [2.45, 2.75) is 0 Å². The highest BCUT2D eigenvalue weighted by Crippen LogP contribution is 2.30. The van der Waals surface area contributed by atoms with Gasteiger partial charge in [0.2, 0.25) is 0 Å². The number of hydrogen-bond acceptors (Lipinski definition) is 2. The Bertz CT molecular complexity index is 488. The van der Waals surface area contributed by atoms with E-state index in [1.807, 2.05) is 24.3 Å². The van der Waals surface area contributed by atoms with Crippen LogP contribution in [-0.4, -0.2) is 11.1 Å². The molecule has 0 saturated heterocycles. The first kappa shape index (κ1) is 10.4. The van der Waals surface area contributed by atoms with Gasteiger partial charge in [0, 0.05) is 9.35 Å². The molecule has 0 fully saturated rings. The van der Waals surface area contributed by atoms with Crippen LogP contribution >= 0.6 is 27.3 Å². The van der Waals surface area contributed by atoms with Gasteiger partial charge in [-0.05, 0) is 29.1 Å². The molecule has 1 aromatic carbocycles. The Balaban J connectivity index is 2.49. The number of aromatic carboxylic acids is 1. The number of rotatable bonds is 2. The minimum atomic E-state index is -0.880. The van der Waals surface area contributed by atoms with Crippen molar-refractivity contribution in [1.29, 1.82) is 0 Å². The third kappa shape index (κ3) is 2.11. The molecule has 76 valence electrons. The van der Waals surface area contributed by atoms with E-state index in [0.29, 0.717) is 5.56 Å². The van der Waals surface area contributed by atoms with Crippen LogP contribution in [0.5, 0.6) is 0 Å². The number of halogens is 1. The highest BCUT2D eigenvalue weighted by Gasteiger charge is 2.12. The van der Waals surface area contributed by atoms with Gasteiger partial charge in [0.15, 0.2) is 0 Å². The SMILES string of the molecule is O=C(O)c1ccsc1-c1ccc(Br)cc1. The number of carboxylic acid groups (broad SMARTS) is 1. The number of carboxylic acids is 1. The second kappa shape index (κ2) is 4.16. The van der Waals surface area contributed by atoms with Crippen molar-refractivity contribution in [3.8, 4) is 10.4 Å². The van der Waals surface area contributed by atoms with Gasteiger partial charge in [0.05, 0.1) is 5.56 Å². The van der Waals surface area contributed by atoms with Crippen LogP contribution in [0.4, 0.5) is 0 Å². The van der Waals surface area contributed by atoms with E-state index in [4.69, 9.17) is 5.11 Å². The fraction of sp³-hybridized carbons (Fsp3) is 0. The lowest BCUT2D eigenvalue weighted by molar-refractivity contribution is 0.0698. The summed E-state index contributed by atoms with van der Waals surface area (Å²) >= 11 is 4.78. The van der Waals surface area contributed by atoms with Crippen LogP contribution < -0.4 is 0 Å². The highest BCUT2D eigenvalue weighted by molar-refractivity contribution is 9.10. The second-order valence-electron chi connectivity index (χ2n) is 2.98. The first-order chi connectivity index (χ1) is 7.18. The zero-order valence-electron chi connectivity index (χ0n) is 7.61. The van der Waals surface area contributed by atoms with Crippen molar-refractivity contribution in [2.24, 2.45) is 0 Å². The molecule has 0 unspecified atom stereocenters. The Hall–Kier alpha value is -1.13. The number of hydrogen-bond donors (Lipinski definition) is 1. The quantitative estimate of drug-likeness (QED) is 0.908. The summed E-state index contributed by atoms with van der Waals surface area (Å²) in [5.41, 5.74) is 1.30. The third-order valence-electron chi connectivity index (χ3n) is 2.00. The van der Waals surface area contributed by atoms with Crippen LogP contribution in [-0.2, 0) is 0 Å². The van der Waals surface area contributed by atoms with E-state index in [2.05, 4.69) is 15.9 Å².